The molecule has 0 bridgehead atoms. The molecule has 1 aromatic rings. The maximum absolute atomic E-state index is 9.23. The molecule has 0 unspecified atom stereocenters. The third-order valence-electron chi connectivity index (χ3n) is 1.28. The van der Waals surface area contributed by atoms with Crippen molar-refractivity contribution >= 4 is 11.6 Å². The van der Waals surface area contributed by atoms with Crippen LogP contribution < -0.4 is 4.74 Å². The number of ether oxygens (including phenoxy) is 1. The van der Waals surface area contributed by atoms with Crippen LogP contribution in [0.2, 0.25) is 5.02 Å². The molecule has 0 fully saturated rings. The molecule has 0 aliphatic rings. The van der Waals surface area contributed by atoms with Gasteiger partial charge in [-0.2, -0.15) is 0 Å². The van der Waals surface area contributed by atoms with Gasteiger partial charge in [-0.05, 0) is 32.9 Å². The van der Waals surface area contributed by atoms with Crippen molar-refractivity contribution in [2.75, 3.05) is 0 Å². The van der Waals surface area contributed by atoms with E-state index in [0.29, 0.717) is 10.8 Å². The molecule has 0 saturated carbocycles. The zero-order chi connectivity index (χ0) is 10.1. The Morgan fingerprint density at radius 3 is 2.31 bits per heavy atom. The van der Waals surface area contributed by atoms with Crippen molar-refractivity contribution in [3.8, 4) is 11.5 Å². The van der Waals surface area contributed by atoms with Gasteiger partial charge in [-0.1, -0.05) is 11.6 Å². The summed E-state index contributed by atoms with van der Waals surface area (Å²) in [6.07, 6.45) is 0. The SMILES string of the molecule is CC(C)(C)Oc1cc(O)cc(Cl)c1. The summed E-state index contributed by atoms with van der Waals surface area (Å²) in [5.74, 6) is 0.698. The van der Waals surface area contributed by atoms with E-state index < -0.39 is 0 Å². The molecule has 1 N–H and O–H groups in total. The lowest BCUT2D eigenvalue weighted by Gasteiger charge is -2.21. The standard InChI is InChI=1S/C10H13ClO2/c1-10(2,3)13-9-5-7(11)4-8(12)6-9/h4-6,12H,1-3H3. The smallest absolute Gasteiger partial charge is 0.125 e. The maximum atomic E-state index is 9.23. The van der Waals surface area contributed by atoms with Crippen LogP contribution in [0.5, 0.6) is 11.5 Å². The van der Waals surface area contributed by atoms with Crippen LogP contribution in [0.4, 0.5) is 0 Å². The minimum atomic E-state index is -0.281. The van der Waals surface area contributed by atoms with E-state index in [1.165, 1.54) is 12.1 Å². The first kappa shape index (κ1) is 10.2. The van der Waals surface area contributed by atoms with Crippen molar-refractivity contribution in [1.29, 1.82) is 0 Å². The maximum Gasteiger partial charge on any atom is 0.125 e. The van der Waals surface area contributed by atoms with Gasteiger partial charge in [0, 0.05) is 11.1 Å². The monoisotopic (exact) mass is 200 g/mol. The fourth-order valence-corrected chi connectivity index (χ4v) is 1.18. The molecule has 0 aliphatic heterocycles. The summed E-state index contributed by atoms with van der Waals surface area (Å²) >= 11 is 5.74. The minimum Gasteiger partial charge on any atom is -0.508 e. The molecule has 2 nitrogen and oxygen atoms in total. The van der Waals surface area contributed by atoms with Crippen LogP contribution >= 0.6 is 11.6 Å². The molecule has 0 aromatic heterocycles. The molecule has 0 saturated heterocycles. The first-order valence-electron chi connectivity index (χ1n) is 4.05. The highest BCUT2D eigenvalue weighted by Crippen LogP contribution is 2.27. The predicted octanol–water partition coefficient (Wildman–Crippen LogP) is 3.22. The van der Waals surface area contributed by atoms with Crippen LogP contribution in [0.25, 0.3) is 0 Å². The van der Waals surface area contributed by atoms with Gasteiger partial charge in [0.15, 0.2) is 0 Å². The molecular formula is C10H13ClO2. The molecule has 0 aliphatic carbocycles. The summed E-state index contributed by atoms with van der Waals surface area (Å²) in [7, 11) is 0. The van der Waals surface area contributed by atoms with E-state index in [-0.39, 0.29) is 11.4 Å². The predicted molar refractivity (Wildman–Crippen MR) is 53.5 cm³/mol. The Balaban J connectivity index is 2.90. The van der Waals surface area contributed by atoms with E-state index in [4.69, 9.17) is 16.3 Å². The highest BCUT2D eigenvalue weighted by molar-refractivity contribution is 6.30. The molecule has 13 heavy (non-hydrogen) atoms. The number of hydrogen-bond acceptors (Lipinski definition) is 2. The fraction of sp³-hybridized carbons (Fsp3) is 0.400. The lowest BCUT2D eigenvalue weighted by atomic mass is 10.2. The van der Waals surface area contributed by atoms with Gasteiger partial charge in [-0.25, -0.2) is 0 Å². The van der Waals surface area contributed by atoms with Crippen molar-refractivity contribution in [2.45, 2.75) is 26.4 Å². The van der Waals surface area contributed by atoms with E-state index in [0.717, 1.165) is 0 Å². The second-order valence-electron chi connectivity index (χ2n) is 3.86. The van der Waals surface area contributed by atoms with E-state index in [2.05, 4.69) is 0 Å². The highest BCUT2D eigenvalue weighted by Gasteiger charge is 2.12. The second-order valence-corrected chi connectivity index (χ2v) is 4.30. The van der Waals surface area contributed by atoms with Crippen LogP contribution in [0.15, 0.2) is 18.2 Å². The first-order chi connectivity index (χ1) is 5.87. The molecule has 0 atom stereocenters. The average Bonchev–Trinajstić information content (AvgIpc) is 1.78. The molecule has 72 valence electrons. The third-order valence-corrected chi connectivity index (χ3v) is 1.50. The number of phenols is 1. The van der Waals surface area contributed by atoms with Crippen molar-refractivity contribution in [2.24, 2.45) is 0 Å². The van der Waals surface area contributed by atoms with Gasteiger partial charge in [-0.15, -0.1) is 0 Å². The molecule has 0 spiro atoms. The summed E-state index contributed by atoms with van der Waals surface area (Å²) in [6, 6.07) is 4.68. The van der Waals surface area contributed by atoms with Crippen LogP contribution in [-0.4, -0.2) is 10.7 Å². The van der Waals surface area contributed by atoms with Crippen LogP contribution in [0.3, 0.4) is 0 Å². The Labute approximate surface area is 83.1 Å². The average molecular weight is 201 g/mol. The van der Waals surface area contributed by atoms with Gasteiger partial charge in [0.1, 0.15) is 17.1 Å². The van der Waals surface area contributed by atoms with Gasteiger partial charge >= 0.3 is 0 Å². The fourth-order valence-electron chi connectivity index (χ4n) is 0.960. The largest absolute Gasteiger partial charge is 0.508 e. The molecule has 0 radical (unpaired) electrons. The highest BCUT2D eigenvalue weighted by atomic mass is 35.5. The van der Waals surface area contributed by atoms with Gasteiger partial charge in [0.2, 0.25) is 0 Å². The van der Waals surface area contributed by atoms with Crippen LogP contribution in [0.1, 0.15) is 20.8 Å². The molecule has 1 aromatic carbocycles. The second kappa shape index (κ2) is 3.46. The summed E-state index contributed by atoms with van der Waals surface area (Å²) in [5.41, 5.74) is -0.281. The number of halogens is 1. The molecule has 0 amide bonds. The molecule has 1 rings (SSSR count). The van der Waals surface area contributed by atoms with Crippen LogP contribution in [0, 0.1) is 0 Å². The van der Waals surface area contributed by atoms with E-state index in [9.17, 15) is 5.11 Å². The lowest BCUT2D eigenvalue weighted by molar-refractivity contribution is 0.130. The Morgan fingerprint density at radius 1 is 1.23 bits per heavy atom. The number of rotatable bonds is 1. The summed E-state index contributed by atoms with van der Waals surface area (Å²) in [6.45, 7) is 5.81. The Bertz CT molecular complexity index is 282. The topological polar surface area (TPSA) is 29.5 Å². The van der Waals surface area contributed by atoms with Gasteiger partial charge in [-0.3, -0.25) is 0 Å². The number of aromatic hydroxyl groups is 1. The number of phenolic OH excluding ortho intramolecular Hbond substituents is 1. The van der Waals surface area contributed by atoms with Crippen molar-refractivity contribution in [3.63, 3.8) is 0 Å². The van der Waals surface area contributed by atoms with Crippen molar-refractivity contribution < 1.29 is 9.84 Å². The Hall–Kier alpha value is -0.890. The van der Waals surface area contributed by atoms with E-state index in [1.807, 2.05) is 20.8 Å². The third kappa shape index (κ3) is 3.55. The van der Waals surface area contributed by atoms with Gasteiger partial charge < -0.3 is 9.84 Å². The Morgan fingerprint density at radius 2 is 1.85 bits per heavy atom. The summed E-state index contributed by atoms with van der Waals surface area (Å²) in [5, 5.41) is 9.70. The lowest BCUT2D eigenvalue weighted by Crippen LogP contribution is -2.22. The number of benzene rings is 1. The Kier molecular flexibility index (Phi) is 2.71. The normalized spacial score (nSPS) is 11.4. The van der Waals surface area contributed by atoms with Crippen LogP contribution in [-0.2, 0) is 0 Å². The zero-order valence-electron chi connectivity index (χ0n) is 7.97. The van der Waals surface area contributed by atoms with Gasteiger partial charge in [0.25, 0.3) is 0 Å². The summed E-state index contributed by atoms with van der Waals surface area (Å²) < 4.78 is 5.52. The number of hydrogen-bond donors (Lipinski definition) is 1. The molecule has 0 heterocycles. The van der Waals surface area contributed by atoms with E-state index >= 15 is 0 Å². The first-order valence-corrected chi connectivity index (χ1v) is 4.43. The summed E-state index contributed by atoms with van der Waals surface area (Å²) in [4.78, 5) is 0. The van der Waals surface area contributed by atoms with Crippen molar-refractivity contribution in [1.82, 2.24) is 0 Å². The van der Waals surface area contributed by atoms with Gasteiger partial charge in [0.05, 0.1) is 0 Å². The van der Waals surface area contributed by atoms with E-state index in [1.54, 1.807) is 6.07 Å². The molecule has 3 heteroatoms. The molecular weight excluding hydrogens is 188 g/mol. The zero-order valence-corrected chi connectivity index (χ0v) is 8.72. The van der Waals surface area contributed by atoms with Crippen molar-refractivity contribution in [3.05, 3.63) is 23.2 Å². The minimum absolute atomic E-state index is 0.117. The quantitative estimate of drug-likeness (QED) is 0.754.